The third-order valence-electron chi connectivity index (χ3n) is 6.90. The van der Waals surface area contributed by atoms with Gasteiger partial charge in [0.1, 0.15) is 17.8 Å². The molecule has 2 aromatic carbocycles. The van der Waals surface area contributed by atoms with Crippen molar-refractivity contribution in [3.8, 4) is 0 Å². The Balaban J connectivity index is 1.76. The van der Waals surface area contributed by atoms with E-state index >= 15 is 0 Å². The molecule has 1 saturated heterocycles. The van der Waals surface area contributed by atoms with Crippen LogP contribution in [0.5, 0.6) is 0 Å². The first-order valence-corrected chi connectivity index (χ1v) is 12.8. The van der Waals surface area contributed by atoms with Gasteiger partial charge >= 0.3 is 6.09 Å². The van der Waals surface area contributed by atoms with Gasteiger partial charge in [-0.1, -0.05) is 60.7 Å². The molecule has 1 aliphatic heterocycles. The topological polar surface area (TPSA) is 160 Å². The number of carbonyl (C=O) groups excluding carboxylic acids is 3. The quantitative estimate of drug-likeness (QED) is 0.199. The number of carbonyl (C=O) groups is 3. The van der Waals surface area contributed by atoms with Crippen LogP contribution in [0.4, 0.5) is 4.79 Å². The van der Waals surface area contributed by atoms with E-state index in [0.717, 1.165) is 17.5 Å². The van der Waals surface area contributed by atoms with Gasteiger partial charge in [0.15, 0.2) is 17.4 Å². The van der Waals surface area contributed by atoms with Gasteiger partial charge in [-0.05, 0) is 43.5 Å². The van der Waals surface area contributed by atoms with Gasteiger partial charge in [-0.15, -0.1) is 0 Å². The molecule has 3 atom stereocenters. The van der Waals surface area contributed by atoms with Gasteiger partial charge in [0, 0.05) is 11.5 Å². The van der Waals surface area contributed by atoms with E-state index in [9.17, 15) is 14.4 Å². The van der Waals surface area contributed by atoms with Crippen molar-refractivity contribution in [2.75, 3.05) is 13.7 Å². The Bertz CT molecular complexity index is 1280. The highest BCUT2D eigenvalue weighted by Crippen LogP contribution is 2.30. The van der Waals surface area contributed by atoms with Gasteiger partial charge in [-0.25, -0.2) is 4.79 Å². The van der Waals surface area contributed by atoms with E-state index in [-0.39, 0.29) is 17.4 Å². The molecule has 2 amide bonds. The summed E-state index contributed by atoms with van der Waals surface area (Å²) >= 11 is 0. The largest absolute Gasteiger partial charge is 0.458 e. The number of ketones is 1. The van der Waals surface area contributed by atoms with Gasteiger partial charge in [-0.3, -0.25) is 15.0 Å². The highest BCUT2D eigenvalue weighted by Gasteiger charge is 2.38. The van der Waals surface area contributed by atoms with E-state index in [2.05, 4.69) is 16.0 Å². The normalized spacial score (nSPS) is 16.3. The van der Waals surface area contributed by atoms with Gasteiger partial charge in [0.2, 0.25) is 5.91 Å². The Kier molecular flexibility index (Phi) is 8.77. The van der Waals surface area contributed by atoms with E-state index < -0.39 is 36.0 Å². The summed E-state index contributed by atoms with van der Waals surface area (Å²) in [6, 6.07) is 17.5. The summed E-state index contributed by atoms with van der Waals surface area (Å²) in [5, 5.41) is 16.5. The van der Waals surface area contributed by atoms with Gasteiger partial charge in [-0.2, -0.15) is 0 Å². The first kappa shape index (κ1) is 27.6. The van der Waals surface area contributed by atoms with Crippen LogP contribution in [-0.4, -0.2) is 49.4 Å². The predicted molar refractivity (Wildman–Crippen MR) is 145 cm³/mol. The molecule has 2 heterocycles. The number of nitrogens with one attached hydrogen (secondary N) is 4. The van der Waals surface area contributed by atoms with Crippen LogP contribution >= 0.6 is 0 Å². The maximum atomic E-state index is 14.1. The molecule has 0 spiro atoms. The molecule has 0 radical (unpaired) electrons. The lowest BCUT2D eigenvalue weighted by Gasteiger charge is -2.30. The molecule has 6 N–H and O–H groups in total. The molecular formula is C29H33N5O5. The molecule has 4 rings (SSSR count). The second-order valence-electron chi connectivity index (χ2n) is 9.44. The van der Waals surface area contributed by atoms with Crippen molar-refractivity contribution in [1.29, 1.82) is 5.41 Å². The average molecular weight is 532 g/mol. The minimum atomic E-state index is -1.13. The molecule has 0 saturated carbocycles. The zero-order valence-electron chi connectivity index (χ0n) is 21.9. The number of hydrogen-bond donors (Lipinski definition) is 5. The van der Waals surface area contributed by atoms with Crippen LogP contribution in [-0.2, 0) is 14.3 Å². The second-order valence-corrected chi connectivity index (χ2v) is 9.44. The first-order chi connectivity index (χ1) is 18.8. The number of rotatable bonds is 10. The van der Waals surface area contributed by atoms with Crippen LogP contribution in [0.3, 0.4) is 0 Å². The van der Waals surface area contributed by atoms with Gasteiger partial charge in [0.25, 0.3) is 0 Å². The predicted octanol–water partition coefficient (Wildman–Crippen LogP) is 2.91. The van der Waals surface area contributed by atoms with Crippen LogP contribution in [0.25, 0.3) is 0 Å². The highest BCUT2D eigenvalue weighted by atomic mass is 16.5. The summed E-state index contributed by atoms with van der Waals surface area (Å²) in [5.74, 6) is -1.25. The summed E-state index contributed by atoms with van der Waals surface area (Å²) in [7, 11) is 1.22. The number of furan rings is 1. The number of Topliss-reactive ketones (excluding diaryl/α,β-unsaturated/α-hetero) is 1. The van der Waals surface area contributed by atoms with Crippen molar-refractivity contribution in [3.63, 3.8) is 0 Å². The maximum absolute atomic E-state index is 14.1. The Morgan fingerprint density at radius 3 is 2.15 bits per heavy atom. The Morgan fingerprint density at radius 1 is 1.05 bits per heavy atom. The smallest absolute Gasteiger partial charge is 0.407 e. The number of aryl methyl sites for hydroxylation is 1. The van der Waals surface area contributed by atoms with Crippen molar-refractivity contribution in [3.05, 3.63) is 94.9 Å². The van der Waals surface area contributed by atoms with Gasteiger partial charge in [0.05, 0.1) is 13.2 Å². The van der Waals surface area contributed by atoms with Crippen LogP contribution in [0.1, 0.15) is 53.0 Å². The number of amides is 2. The molecule has 1 unspecified atom stereocenters. The molecule has 3 aromatic rings. The molecule has 1 fully saturated rings. The lowest BCUT2D eigenvalue weighted by Crippen LogP contribution is -2.53. The lowest BCUT2D eigenvalue weighted by atomic mass is 9.84. The molecule has 0 bridgehead atoms. The SMILES string of the molecule is COC(=O)N[C@@H](C(=O)NC(C(=O)[C@@H]1CCCN1)c1cc(C(=N)N)oc1C)C(c1ccccc1)c1ccccc1. The fourth-order valence-electron chi connectivity index (χ4n) is 4.96. The Hall–Kier alpha value is -4.44. The third kappa shape index (κ3) is 6.35. The Labute approximate surface area is 226 Å². The van der Waals surface area contributed by atoms with E-state index in [1.54, 1.807) is 6.92 Å². The fraction of sp³-hybridized carbons (Fsp3) is 0.310. The maximum Gasteiger partial charge on any atom is 0.407 e. The minimum absolute atomic E-state index is 0.101. The van der Waals surface area contributed by atoms with Crippen LogP contribution < -0.4 is 21.7 Å². The van der Waals surface area contributed by atoms with Crippen molar-refractivity contribution in [2.24, 2.45) is 5.73 Å². The monoisotopic (exact) mass is 531 g/mol. The van der Waals surface area contributed by atoms with E-state index in [1.165, 1.54) is 13.2 Å². The summed E-state index contributed by atoms with van der Waals surface area (Å²) in [6.07, 6.45) is 0.671. The zero-order valence-corrected chi connectivity index (χ0v) is 21.9. The van der Waals surface area contributed by atoms with Crippen molar-refractivity contribution in [2.45, 2.75) is 43.8 Å². The zero-order chi connectivity index (χ0) is 27.9. The number of nitrogens with two attached hydrogens (primary N) is 1. The summed E-state index contributed by atoms with van der Waals surface area (Å²) < 4.78 is 10.5. The molecule has 10 heteroatoms. The number of hydrogen-bond acceptors (Lipinski definition) is 7. The lowest BCUT2D eigenvalue weighted by molar-refractivity contribution is -0.130. The number of alkyl carbamates (subject to hydrolysis) is 1. The van der Waals surface area contributed by atoms with Gasteiger partial charge < -0.3 is 30.8 Å². The molecular weight excluding hydrogens is 498 g/mol. The van der Waals surface area contributed by atoms with Crippen molar-refractivity contribution < 1.29 is 23.5 Å². The summed E-state index contributed by atoms with van der Waals surface area (Å²) in [4.78, 5) is 40.3. The minimum Gasteiger partial charge on any atom is -0.458 e. The first-order valence-electron chi connectivity index (χ1n) is 12.8. The number of nitrogen functional groups attached to an aromatic ring is 1. The third-order valence-corrected chi connectivity index (χ3v) is 6.90. The fourth-order valence-corrected chi connectivity index (χ4v) is 4.96. The van der Waals surface area contributed by atoms with E-state index in [4.69, 9.17) is 20.3 Å². The second kappa shape index (κ2) is 12.4. The van der Waals surface area contributed by atoms with E-state index in [0.29, 0.717) is 24.3 Å². The molecule has 0 aliphatic carbocycles. The van der Waals surface area contributed by atoms with Crippen LogP contribution in [0.2, 0.25) is 0 Å². The van der Waals surface area contributed by atoms with E-state index in [1.807, 2.05) is 60.7 Å². The molecule has 1 aliphatic rings. The summed E-state index contributed by atoms with van der Waals surface area (Å²) in [6.45, 7) is 2.34. The number of ether oxygens (including phenoxy) is 1. The number of benzene rings is 2. The molecule has 1 aromatic heterocycles. The molecule has 39 heavy (non-hydrogen) atoms. The molecule has 10 nitrogen and oxygen atoms in total. The highest BCUT2D eigenvalue weighted by molar-refractivity contribution is 5.97. The molecule has 204 valence electrons. The Morgan fingerprint density at radius 2 is 1.67 bits per heavy atom. The number of amidine groups is 1. The average Bonchev–Trinajstić information content (AvgIpc) is 3.62. The van der Waals surface area contributed by atoms with Crippen molar-refractivity contribution >= 4 is 23.6 Å². The standard InChI is InChI=1S/C29H33N5O5/c1-17-20(16-22(39-17)27(30)31)24(26(35)21-14-9-15-32-21)33-28(36)25(34-29(37)38-2)23(18-10-5-3-6-11-18)19-12-7-4-8-13-19/h3-8,10-13,16,21,23-25,32H,9,14-15H2,1-2H3,(H3,30,31)(H,33,36)(H,34,37)/t21-,24?,25+/m0/s1. The van der Waals surface area contributed by atoms with Crippen molar-refractivity contribution in [1.82, 2.24) is 16.0 Å². The number of methoxy groups -OCH3 is 1. The van der Waals surface area contributed by atoms with Crippen LogP contribution in [0, 0.1) is 12.3 Å². The summed E-state index contributed by atoms with van der Waals surface area (Å²) in [5.41, 5.74) is 7.61. The van der Waals surface area contributed by atoms with Crippen LogP contribution in [0.15, 0.2) is 71.1 Å².